The molecule has 2 amide bonds. The Hall–Kier alpha value is -2.10. The maximum absolute atomic E-state index is 12.5. The number of nitrogens with one attached hydrogen (secondary N) is 2. The van der Waals surface area contributed by atoms with Crippen molar-refractivity contribution in [3.05, 3.63) is 47.0 Å². The first-order chi connectivity index (χ1) is 12.0. The van der Waals surface area contributed by atoms with E-state index in [4.69, 9.17) is 0 Å². The lowest BCUT2D eigenvalue weighted by Gasteiger charge is -2.22. The molecule has 2 N–H and O–H groups in total. The summed E-state index contributed by atoms with van der Waals surface area (Å²) in [4.78, 5) is 24.9. The number of rotatable bonds is 7. The van der Waals surface area contributed by atoms with Crippen LogP contribution in [-0.4, -0.2) is 24.4 Å². The van der Waals surface area contributed by atoms with Gasteiger partial charge in [-0.05, 0) is 57.1 Å². The number of carbonyl (C=O) groups is 2. The lowest BCUT2D eigenvalue weighted by molar-refractivity contribution is -0.123. The summed E-state index contributed by atoms with van der Waals surface area (Å²) in [6, 6.07) is 6.86. The van der Waals surface area contributed by atoms with Crippen LogP contribution in [0, 0.1) is 12.8 Å². The van der Waals surface area contributed by atoms with Crippen molar-refractivity contribution in [3.8, 4) is 0 Å². The minimum absolute atomic E-state index is 0.0308. The third-order valence-electron chi connectivity index (χ3n) is 4.68. The Kier molecular flexibility index (Phi) is 7.23. The Morgan fingerprint density at radius 1 is 1.12 bits per heavy atom. The fraction of sp³-hybridized carbons (Fsp3) is 0.524. The van der Waals surface area contributed by atoms with Gasteiger partial charge in [0.1, 0.15) is 6.04 Å². The van der Waals surface area contributed by atoms with Gasteiger partial charge in [0.05, 0.1) is 0 Å². The molecule has 0 fully saturated rings. The van der Waals surface area contributed by atoms with Gasteiger partial charge in [0.15, 0.2) is 0 Å². The van der Waals surface area contributed by atoms with Gasteiger partial charge in [-0.3, -0.25) is 9.59 Å². The number of amides is 2. The van der Waals surface area contributed by atoms with Gasteiger partial charge in [-0.25, -0.2) is 0 Å². The van der Waals surface area contributed by atoms with Gasteiger partial charge in [-0.1, -0.05) is 43.2 Å². The van der Waals surface area contributed by atoms with Crippen LogP contribution < -0.4 is 10.6 Å². The first kappa shape index (κ1) is 19.2. The van der Waals surface area contributed by atoms with E-state index in [2.05, 4.69) is 16.7 Å². The first-order valence-corrected chi connectivity index (χ1v) is 9.30. The molecule has 1 aromatic rings. The second-order valence-corrected chi connectivity index (χ2v) is 7.21. The van der Waals surface area contributed by atoms with Gasteiger partial charge in [0.25, 0.3) is 5.91 Å². The molecule has 2 rings (SSSR count). The van der Waals surface area contributed by atoms with E-state index in [-0.39, 0.29) is 17.7 Å². The zero-order valence-corrected chi connectivity index (χ0v) is 15.6. The van der Waals surface area contributed by atoms with Gasteiger partial charge < -0.3 is 10.6 Å². The summed E-state index contributed by atoms with van der Waals surface area (Å²) >= 11 is 0. The van der Waals surface area contributed by atoms with Crippen molar-refractivity contribution in [2.24, 2.45) is 5.92 Å². The Balaban J connectivity index is 1.87. The van der Waals surface area contributed by atoms with E-state index >= 15 is 0 Å². The average Bonchev–Trinajstić information content (AvgIpc) is 2.60. The highest BCUT2D eigenvalue weighted by molar-refractivity contribution is 5.97. The molecule has 1 atom stereocenters. The lowest BCUT2D eigenvalue weighted by Crippen LogP contribution is -2.49. The van der Waals surface area contributed by atoms with Gasteiger partial charge in [0, 0.05) is 12.1 Å². The zero-order chi connectivity index (χ0) is 18.2. The maximum atomic E-state index is 12.5. The zero-order valence-electron chi connectivity index (χ0n) is 15.6. The smallest absolute Gasteiger partial charge is 0.251 e. The minimum Gasteiger partial charge on any atom is -0.354 e. The Morgan fingerprint density at radius 2 is 1.84 bits per heavy atom. The molecule has 0 unspecified atom stereocenters. The van der Waals surface area contributed by atoms with Crippen molar-refractivity contribution in [3.63, 3.8) is 0 Å². The van der Waals surface area contributed by atoms with Gasteiger partial charge in [-0.15, -0.1) is 0 Å². The van der Waals surface area contributed by atoms with E-state index in [1.165, 1.54) is 18.4 Å². The SMILES string of the molecule is Cc1ccc(C(=O)N[C@H](C(=O)NCCC2=CCCCC2)C(C)C)cc1. The molecule has 0 saturated heterocycles. The normalized spacial score (nSPS) is 15.4. The number of hydrogen-bond donors (Lipinski definition) is 2. The van der Waals surface area contributed by atoms with Gasteiger partial charge in [-0.2, -0.15) is 0 Å². The quantitative estimate of drug-likeness (QED) is 0.741. The molecule has 4 nitrogen and oxygen atoms in total. The van der Waals surface area contributed by atoms with Crippen LogP contribution in [0.25, 0.3) is 0 Å². The summed E-state index contributed by atoms with van der Waals surface area (Å²) in [7, 11) is 0. The van der Waals surface area contributed by atoms with Crippen LogP contribution in [0.15, 0.2) is 35.9 Å². The molecule has 136 valence electrons. The molecule has 0 heterocycles. The molecule has 4 heteroatoms. The van der Waals surface area contributed by atoms with Crippen molar-refractivity contribution in [1.82, 2.24) is 10.6 Å². The second kappa shape index (κ2) is 9.40. The van der Waals surface area contributed by atoms with E-state index in [0.717, 1.165) is 24.8 Å². The van der Waals surface area contributed by atoms with Crippen molar-refractivity contribution in [2.75, 3.05) is 6.54 Å². The third-order valence-corrected chi connectivity index (χ3v) is 4.68. The summed E-state index contributed by atoms with van der Waals surface area (Å²) in [5.74, 6) is -0.279. The summed E-state index contributed by atoms with van der Waals surface area (Å²) in [6.45, 7) is 6.51. The van der Waals surface area contributed by atoms with Crippen LogP contribution in [0.1, 0.15) is 61.9 Å². The highest BCUT2D eigenvalue weighted by Gasteiger charge is 2.24. The molecule has 0 bridgehead atoms. The molecule has 0 aliphatic heterocycles. The monoisotopic (exact) mass is 342 g/mol. The van der Waals surface area contributed by atoms with Crippen LogP contribution >= 0.6 is 0 Å². The van der Waals surface area contributed by atoms with E-state index in [1.54, 1.807) is 12.1 Å². The topological polar surface area (TPSA) is 58.2 Å². The van der Waals surface area contributed by atoms with Crippen LogP contribution in [0.3, 0.4) is 0 Å². The number of hydrogen-bond acceptors (Lipinski definition) is 2. The van der Waals surface area contributed by atoms with Crippen LogP contribution in [0.4, 0.5) is 0 Å². The number of carbonyl (C=O) groups excluding carboxylic acids is 2. The summed E-state index contributed by atoms with van der Waals surface area (Å²) in [5.41, 5.74) is 3.12. The van der Waals surface area contributed by atoms with Crippen molar-refractivity contribution in [2.45, 2.75) is 58.9 Å². The standard InChI is InChI=1S/C21H30N2O2/c1-15(2)19(23-20(24)18-11-9-16(3)10-12-18)21(25)22-14-13-17-7-5-4-6-8-17/h7,9-12,15,19H,4-6,8,13-14H2,1-3H3,(H,22,25)(H,23,24)/t19-/m0/s1. The largest absolute Gasteiger partial charge is 0.354 e. The number of aryl methyl sites for hydroxylation is 1. The molecule has 0 saturated carbocycles. The van der Waals surface area contributed by atoms with Gasteiger partial charge in [0.2, 0.25) is 5.91 Å². The van der Waals surface area contributed by atoms with E-state index in [0.29, 0.717) is 12.1 Å². The predicted molar refractivity (Wildman–Crippen MR) is 101 cm³/mol. The maximum Gasteiger partial charge on any atom is 0.251 e. The average molecular weight is 342 g/mol. The van der Waals surface area contributed by atoms with Crippen LogP contribution in [0.5, 0.6) is 0 Å². The molecular formula is C21H30N2O2. The highest BCUT2D eigenvalue weighted by Crippen LogP contribution is 2.19. The lowest BCUT2D eigenvalue weighted by atomic mass is 9.97. The Bertz CT molecular complexity index is 617. The second-order valence-electron chi connectivity index (χ2n) is 7.21. The van der Waals surface area contributed by atoms with Crippen molar-refractivity contribution >= 4 is 11.8 Å². The molecule has 0 spiro atoms. The summed E-state index contributed by atoms with van der Waals surface area (Å²) in [5, 5.41) is 5.86. The number of allylic oxidation sites excluding steroid dienone is 1. The molecule has 0 aromatic heterocycles. The van der Waals surface area contributed by atoms with Crippen LogP contribution in [-0.2, 0) is 4.79 Å². The first-order valence-electron chi connectivity index (χ1n) is 9.30. The summed E-state index contributed by atoms with van der Waals surface area (Å²) < 4.78 is 0. The van der Waals surface area contributed by atoms with Crippen LogP contribution in [0.2, 0.25) is 0 Å². The van der Waals surface area contributed by atoms with E-state index in [1.807, 2.05) is 32.9 Å². The van der Waals surface area contributed by atoms with Crippen molar-refractivity contribution < 1.29 is 9.59 Å². The van der Waals surface area contributed by atoms with E-state index in [9.17, 15) is 9.59 Å². The Labute approximate surface area is 151 Å². The summed E-state index contributed by atoms with van der Waals surface area (Å²) in [6.07, 6.45) is 8.03. The predicted octanol–water partition coefficient (Wildman–Crippen LogP) is 3.76. The number of benzene rings is 1. The fourth-order valence-electron chi connectivity index (χ4n) is 3.05. The van der Waals surface area contributed by atoms with Crippen molar-refractivity contribution in [1.29, 1.82) is 0 Å². The third kappa shape index (κ3) is 6.04. The molecular weight excluding hydrogens is 312 g/mol. The van der Waals surface area contributed by atoms with Gasteiger partial charge >= 0.3 is 0 Å². The molecule has 0 radical (unpaired) electrons. The Morgan fingerprint density at radius 3 is 2.44 bits per heavy atom. The minimum atomic E-state index is -0.519. The molecule has 1 aliphatic carbocycles. The molecule has 25 heavy (non-hydrogen) atoms. The molecule has 1 aliphatic rings. The molecule has 1 aromatic carbocycles. The fourth-order valence-corrected chi connectivity index (χ4v) is 3.05. The highest BCUT2D eigenvalue weighted by atomic mass is 16.2. The van der Waals surface area contributed by atoms with E-state index < -0.39 is 6.04 Å².